The van der Waals surface area contributed by atoms with Crippen LogP contribution in [-0.4, -0.2) is 0 Å². The van der Waals surface area contributed by atoms with E-state index >= 15 is 0 Å². The third kappa shape index (κ3) is 1.40. The maximum Gasteiger partial charge on any atom is 0.0995 e. The van der Waals surface area contributed by atoms with Gasteiger partial charge in [0.1, 0.15) is 0 Å². The van der Waals surface area contributed by atoms with Gasteiger partial charge in [0.2, 0.25) is 0 Å². The second kappa shape index (κ2) is 3.43. The first-order valence-corrected chi connectivity index (χ1v) is 5.01. The Labute approximate surface area is 84.3 Å². The molecular weight excluding hydrogens is 172 g/mol. The average molecular weight is 186 g/mol. The zero-order valence-electron chi connectivity index (χ0n) is 8.38. The molecule has 1 aromatic carbocycles. The highest BCUT2D eigenvalue weighted by molar-refractivity contribution is 5.48. The lowest BCUT2D eigenvalue weighted by atomic mass is 9.84. The molecule has 0 spiro atoms. The van der Waals surface area contributed by atoms with E-state index in [1.807, 2.05) is 13.0 Å². The number of aryl methyl sites for hydroxylation is 2. The molecule has 2 rings (SSSR count). The summed E-state index contributed by atoms with van der Waals surface area (Å²) in [5, 5.41) is 9.03. The molecule has 0 amide bonds. The van der Waals surface area contributed by atoms with Gasteiger partial charge in [0, 0.05) is 6.04 Å². The van der Waals surface area contributed by atoms with Gasteiger partial charge in [-0.15, -0.1) is 0 Å². The van der Waals surface area contributed by atoms with Crippen molar-refractivity contribution >= 4 is 0 Å². The molecule has 0 saturated carbocycles. The van der Waals surface area contributed by atoms with E-state index in [2.05, 4.69) is 12.1 Å². The summed E-state index contributed by atoms with van der Waals surface area (Å²) in [7, 11) is 0. The van der Waals surface area contributed by atoms with Crippen molar-refractivity contribution in [3.63, 3.8) is 0 Å². The van der Waals surface area contributed by atoms with Gasteiger partial charge in [-0.2, -0.15) is 5.26 Å². The second-order valence-corrected chi connectivity index (χ2v) is 4.00. The average Bonchev–Trinajstić information content (AvgIpc) is 2.16. The summed E-state index contributed by atoms with van der Waals surface area (Å²) < 4.78 is 0. The Kier molecular flexibility index (Phi) is 2.26. The van der Waals surface area contributed by atoms with E-state index in [9.17, 15) is 0 Å². The highest BCUT2D eigenvalue weighted by Crippen LogP contribution is 2.31. The molecule has 1 aromatic rings. The van der Waals surface area contributed by atoms with Crippen LogP contribution < -0.4 is 5.73 Å². The van der Waals surface area contributed by atoms with Crippen LogP contribution in [0.1, 0.15) is 41.1 Å². The SMILES string of the molecule is Cc1cc(C#N)c2c(c1)CCCC2N. The number of nitrogens with two attached hydrogens (primary N) is 1. The van der Waals surface area contributed by atoms with Crippen molar-refractivity contribution in [3.8, 4) is 6.07 Å². The molecule has 1 aliphatic rings. The lowest BCUT2D eigenvalue weighted by molar-refractivity contribution is 0.569. The van der Waals surface area contributed by atoms with Gasteiger partial charge in [-0.25, -0.2) is 0 Å². The number of hydrogen-bond acceptors (Lipinski definition) is 2. The summed E-state index contributed by atoms with van der Waals surface area (Å²) in [6, 6.07) is 6.41. The number of nitriles is 1. The van der Waals surface area contributed by atoms with Crippen LogP contribution in [0.25, 0.3) is 0 Å². The highest BCUT2D eigenvalue weighted by atomic mass is 14.6. The molecule has 0 bridgehead atoms. The summed E-state index contributed by atoms with van der Waals surface area (Å²) in [6.45, 7) is 2.03. The Bertz CT molecular complexity index is 402. The topological polar surface area (TPSA) is 49.8 Å². The maximum absolute atomic E-state index is 9.03. The van der Waals surface area contributed by atoms with E-state index in [1.54, 1.807) is 0 Å². The number of nitrogens with zero attached hydrogens (tertiary/aromatic N) is 1. The highest BCUT2D eigenvalue weighted by Gasteiger charge is 2.20. The minimum absolute atomic E-state index is 0.0639. The first kappa shape index (κ1) is 9.23. The molecule has 1 atom stereocenters. The minimum Gasteiger partial charge on any atom is -0.324 e. The van der Waals surface area contributed by atoms with E-state index in [1.165, 1.54) is 5.56 Å². The summed E-state index contributed by atoms with van der Waals surface area (Å²) in [5.41, 5.74) is 10.3. The third-order valence-corrected chi connectivity index (χ3v) is 2.86. The Balaban J connectivity index is 2.63. The van der Waals surface area contributed by atoms with Crippen molar-refractivity contribution in [1.82, 2.24) is 0 Å². The Hall–Kier alpha value is -1.33. The standard InChI is InChI=1S/C12H14N2/c1-8-5-9-3-2-4-11(14)12(9)10(6-8)7-13/h5-6,11H,2-4,14H2,1H3. The number of rotatable bonds is 0. The van der Waals surface area contributed by atoms with Crippen LogP contribution in [0.2, 0.25) is 0 Å². The van der Waals surface area contributed by atoms with Crippen LogP contribution in [0.15, 0.2) is 12.1 Å². The van der Waals surface area contributed by atoms with Crippen molar-refractivity contribution in [3.05, 3.63) is 34.4 Å². The third-order valence-electron chi connectivity index (χ3n) is 2.86. The smallest absolute Gasteiger partial charge is 0.0995 e. The van der Waals surface area contributed by atoms with E-state index in [-0.39, 0.29) is 6.04 Å². The Morgan fingerprint density at radius 3 is 3.00 bits per heavy atom. The van der Waals surface area contributed by atoms with Gasteiger partial charge in [0.25, 0.3) is 0 Å². The van der Waals surface area contributed by atoms with E-state index < -0.39 is 0 Å². The molecule has 2 heteroatoms. The summed E-state index contributed by atoms with van der Waals surface area (Å²) >= 11 is 0. The van der Waals surface area contributed by atoms with E-state index in [0.717, 1.165) is 36.0 Å². The fourth-order valence-electron chi connectivity index (χ4n) is 2.27. The number of hydrogen-bond donors (Lipinski definition) is 1. The maximum atomic E-state index is 9.03. The molecule has 0 saturated heterocycles. The van der Waals surface area contributed by atoms with Crippen LogP contribution in [0, 0.1) is 18.3 Å². The normalized spacial score (nSPS) is 19.9. The monoisotopic (exact) mass is 186 g/mol. The van der Waals surface area contributed by atoms with Gasteiger partial charge in [-0.1, -0.05) is 6.07 Å². The van der Waals surface area contributed by atoms with Crippen molar-refractivity contribution in [1.29, 1.82) is 5.26 Å². The zero-order chi connectivity index (χ0) is 10.1. The van der Waals surface area contributed by atoms with Crippen LogP contribution in [0.4, 0.5) is 0 Å². The van der Waals surface area contributed by atoms with Crippen molar-refractivity contribution < 1.29 is 0 Å². The van der Waals surface area contributed by atoms with Gasteiger partial charge >= 0.3 is 0 Å². The van der Waals surface area contributed by atoms with Gasteiger partial charge in [0.05, 0.1) is 11.6 Å². The second-order valence-electron chi connectivity index (χ2n) is 4.00. The molecule has 2 N–H and O–H groups in total. The van der Waals surface area contributed by atoms with Crippen LogP contribution >= 0.6 is 0 Å². The predicted molar refractivity (Wildman–Crippen MR) is 55.8 cm³/mol. The molecule has 1 aliphatic carbocycles. The fourth-order valence-corrected chi connectivity index (χ4v) is 2.27. The van der Waals surface area contributed by atoms with E-state index in [4.69, 9.17) is 11.0 Å². The van der Waals surface area contributed by atoms with Gasteiger partial charge in [-0.05, 0) is 48.9 Å². The van der Waals surface area contributed by atoms with Crippen LogP contribution in [0.5, 0.6) is 0 Å². The largest absolute Gasteiger partial charge is 0.324 e. The number of fused-ring (bicyclic) bond motifs is 1. The first-order valence-electron chi connectivity index (χ1n) is 5.01. The molecular formula is C12H14N2. The number of benzene rings is 1. The molecule has 1 unspecified atom stereocenters. The predicted octanol–water partition coefficient (Wildman–Crippen LogP) is 2.20. The summed E-state index contributed by atoms with van der Waals surface area (Å²) in [6.07, 6.45) is 3.21. The minimum atomic E-state index is 0.0639. The van der Waals surface area contributed by atoms with Gasteiger partial charge in [0.15, 0.2) is 0 Å². The lowest BCUT2D eigenvalue weighted by Crippen LogP contribution is -2.19. The fraction of sp³-hybridized carbons (Fsp3) is 0.417. The van der Waals surface area contributed by atoms with Crippen molar-refractivity contribution in [2.75, 3.05) is 0 Å². The lowest BCUT2D eigenvalue weighted by Gasteiger charge is -2.23. The molecule has 14 heavy (non-hydrogen) atoms. The summed E-state index contributed by atoms with van der Waals surface area (Å²) in [5.74, 6) is 0. The summed E-state index contributed by atoms with van der Waals surface area (Å²) in [4.78, 5) is 0. The van der Waals surface area contributed by atoms with Crippen molar-refractivity contribution in [2.45, 2.75) is 32.2 Å². The molecule has 0 radical (unpaired) electrons. The molecule has 2 nitrogen and oxygen atoms in total. The molecule has 0 aromatic heterocycles. The molecule has 0 aliphatic heterocycles. The molecule has 0 heterocycles. The quantitative estimate of drug-likeness (QED) is 0.675. The van der Waals surface area contributed by atoms with Crippen molar-refractivity contribution in [2.24, 2.45) is 5.73 Å². The zero-order valence-corrected chi connectivity index (χ0v) is 8.38. The molecule has 72 valence electrons. The Morgan fingerprint density at radius 2 is 2.29 bits per heavy atom. The first-order chi connectivity index (χ1) is 6.72. The van der Waals surface area contributed by atoms with Gasteiger partial charge in [-0.3, -0.25) is 0 Å². The Morgan fingerprint density at radius 1 is 1.50 bits per heavy atom. The van der Waals surface area contributed by atoms with Gasteiger partial charge < -0.3 is 5.73 Å². The molecule has 0 fully saturated rings. The van der Waals surface area contributed by atoms with Crippen LogP contribution in [0.3, 0.4) is 0 Å². The van der Waals surface area contributed by atoms with E-state index in [0.29, 0.717) is 0 Å². The van der Waals surface area contributed by atoms with Crippen LogP contribution in [-0.2, 0) is 6.42 Å².